The van der Waals surface area contributed by atoms with Gasteiger partial charge >= 0.3 is 0 Å². The molecule has 2 bridgehead atoms. The van der Waals surface area contributed by atoms with Crippen molar-refractivity contribution in [2.45, 2.75) is 85.2 Å². The standard InChI is InChI=1S/C16H31N/c1-6-7-8-12(2)17-14-15(3,4)13-9-10-16(14,5)11-13/h12-14,17H,6-11H2,1-5H3/t12?,13-,14?,16+/m0/s1. The van der Waals surface area contributed by atoms with Crippen molar-refractivity contribution in [2.24, 2.45) is 16.7 Å². The molecule has 0 aliphatic heterocycles. The van der Waals surface area contributed by atoms with Crippen LogP contribution in [0, 0.1) is 16.7 Å². The molecule has 2 aliphatic carbocycles. The van der Waals surface area contributed by atoms with Gasteiger partial charge in [0.1, 0.15) is 0 Å². The Morgan fingerprint density at radius 2 is 2.00 bits per heavy atom. The first-order valence-corrected chi connectivity index (χ1v) is 7.66. The summed E-state index contributed by atoms with van der Waals surface area (Å²) in [5.74, 6) is 0.961. The first-order chi connectivity index (χ1) is 7.90. The van der Waals surface area contributed by atoms with E-state index in [0.717, 1.165) is 12.0 Å². The van der Waals surface area contributed by atoms with Crippen molar-refractivity contribution >= 4 is 0 Å². The van der Waals surface area contributed by atoms with Gasteiger partial charge in [-0.3, -0.25) is 0 Å². The first kappa shape index (κ1) is 13.4. The lowest BCUT2D eigenvalue weighted by Gasteiger charge is -2.44. The quantitative estimate of drug-likeness (QED) is 0.748. The summed E-state index contributed by atoms with van der Waals surface area (Å²) in [5, 5.41) is 3.98. The highest BCUT2D eigenvalue weighted by atomic mass is 15.0. The van der Waals surface area contributed by atoms with Crippen LogP contribution in [-0.4, -0.2) is 12.1 Å². The van der Waals surface area contributed by atoms with Crippen LogP contribution < -0.4 is 5.32 Å². The number of fused-ring (bicyclic) bond motifs is 2. The maximum atomic E-state index is 3.98. The van der Waals surface area contributed by atoms with E-state index in [4.69, 9.17) is 0 Å². The second-order valence-corrected chi connectivity index (χ2v) is 7.56. The summed E-state index contributed by atoms with van der Waals surface area (Å²) in [6, 6.07) is 1.43. The Morgan fingerprint density at radius 1 is 1.29 bits per heavy atom. The van der Waals surface area contributed by atoms with E-state index in [1.807, 2.05) is 0 Å². The maximum absolute atomic E-state index is 3.98. The zero-order valence-electron chi connectivity index (χ0n) is 12.5. The summed E-state index contributed by atoms with van der Waals surface area (Å²) in [4.78, 5) is 0. The van der Waals surface area contributed by atoms with Crippen molar-refractivity contribution in [3.8, 4) is 0 Å². The van der Waals surface area contributed by atoms with Crippen LogP contribution in [0.2, 0.25) is 0 Å². The number of rotatable bonds is 5. The molecule has 2 aliphatic rings. The van der Waals surface area contributed by atoms with Gasteiger partial charge in [-0.1, -0.05) is 40.5 Å². The lowest BCUT2D eigenvalue weighted by atomic mass is 9.68. The van der Waals surface area contributed by atoms with E-state index in [-0.39, 0.29) is 0 Å². The number of unbranched alkanes of at least 4 members (excludes halogenated alkanes) is 1. The van der Waals surface area contributed by atoms with Gasteiger partial charge in [0, 0.05) is 12.1 Å². The fraction of sp³-hybridized carbons (Fsp3) is 1.00. The molecule has 2 unspecified atom stereocenters. The molecule has 0 aromatic carbocycles. The molecule has 1 N–H and O–H groups in total. The van der Waals surface area contributed by atoms with Gasteiger partial charge in [-0.25, -0.2) is 0 Å². The highest BCUT2D eigenvalue weighted by molar-refractivity contribution is 5.12. The minimum Gasteiger partial charge on any atom is -0.310 e. The van der Waals surface area contributed by atoms with E-state index in [1.165, 1.54) is 38.5 Å². The summed E-state index contributed by atoms with van der Waals surface area (Å²) < 4.78 is 0. The fourth-order valence-corrected chi connectivity index (χ4v) is 4.60. The molecular formula is C16H31N. The van der Waals surface area contributed by atoms with Gasteiger partial charge in [0.25, 0.3) is 0 Å². The third-order valence-electron chi connectivity index (χ3n) is 5.71. The van der Waals surface area contributed by atoms with Crippen LogP contribution >= 0.6 is 0 Å². The molecule has 0 heterocycles. The molecule has 100 valence electrons. The molecule has 0 radical (unpaired) electrons. The third kappa shape index (κ3) is 2.28. The van der Waals surface area contributed by atoms with Gasteiger partial charge < -0.3 is 5.32 Å². The van der Waals surface area contributed by atoms with Gasteiger partial charge in [0.2, 0.25) is 0 Å². The van der Waals surface area contributed by atoms with Gasteiger partial charge in [0.15, 0.2) is 0 Å². The van der Waals surface area contributed by atoms with Gasteiger partial charge in [0.05, 0.1) is 0 Å². The van der Waals surface area contributed by atoms with Gasteiger partial charge in [-0.05, 0) is 49.4 Å². The average Bonchev–Trinajstić information content (AvgIpc) is 2.73. The number of hydrogen-bond acceptors (Lipinski definition) is 1. The van der Waals surface area contributed by atoms with Crippen molar-refractivity contribution in [1.82, 2.24) is 5.32 Å². The summed E-state index contributed by atoms with van der Waals surface area (Å²) in [6.45, 7) is 12.2. The predicted octanol–water partition coefficient (Wildman–Crippen LogP) is 4.37. The summed E-state index contributed by atoms with van der Waals surface area (Å²) in [6.07, 6.45) is 8.38. The Morgan fingerprint density at radius 3 is 2.53 bits per heavy atom. The van der Waals surface area contributed by atoms with Crippen molar-refractivity contribution in [2.75, 3.05) is 0 Å². The van der Waals surface area contributed by atoms with E-state index in [2.05, 4.69) is 39.9 Å². The molecule has 0 aromatic heterocycles. The Bertz CT molecular complexity index is 266. The first-order valence-electron chi connectivity index (χ1n) is 7.66. The summed E-state index contributed by atoms with van der Waals surface area (Å²) in [7, 11) is 0. The molecule has 0 aromatic rings. The normalized spacial score (nSPS) is 40.8. The summed E-state index contributed by atoms with van der Waals surface area (Å²) in [5.41, 5.74) is 1.09. The van der Waals surface area contributed by atoms with E-state index in [1.54, 1.807) is 0 Å². The van der Waals surface area contributed by atoms with Gasteiger partial charge in [-0.2, -0.15) is 0 Å². The fourth-order valence-electron chi connectivity index (χ4n) is 4.60. The largest absolute Gasteiger partial charge is 0.310 e. The third-order valence-corrected chi connectivity index (χ3v) is 5.71. The molecule has 17 heavy (non-hydrogen) atoms. The monoisotopic (exact) mass is 237 g/mol. The predicted molar refractivity (Wildman–Crippen MR) is 75.1 cm³/mol. The van der Waals surface area contributed by atoms with E-state index >= 15 is 0 Å². The second kappa shape index (κ2) is 4.57. The Hall–Kier alpha value is -0.0400. The lowest BCUT2D eigenvalue weighted by molar-refractivity contribution is 0.0988. The Kier molecular flexibility index (Phi) is 3.60. The summed E-state index contributed by atoms with van der Waals surface area (Å²) >= 11 is 0. The van der Waals surface area contributed by atoms with Crippen LogP contribution in [0.25, 0.3) is 0 Å². The van der Waals surface area contributed by atoms with Crippen LogP contribution in [0.15, 0.2) is 0 Å². The minimum absolute atomic E-state index is 0.507. The molecule has 2 rings (SSSR count). The van der Waals surface area contributed by atoms with Crippen molar-refractivity contribution < 1.29 is 0 Å². The zero-order chi connectivity index (χ0) is 12.7. The van der Waals surface area contributed by atoms with Crippen molar-refractivity contribution in [3.63, 3.8) is 0 Å². The molecule has 2 fully saturated rings. The molecule has 4 atom stereocenters. The lowest BCUT2D eigenvalue weighted by Crippen LogP contribution is -2.53. The second-order valence-electron chi connectivity index (χ2n) is 7.56. The SMILES string of the molecule is CCCCC(C)NC1C(C)(C)[C@H]2CC[C@]1(C)C2. The average molecular weight is 237 g/mol. The smallest absolute Gasteiger partial charge is 0.0177 e. The van der Waals surface area contributed by atoms with Crippen molar-refractivity contribution in [3.05, 3.63) is 0 Å². The molecule has 1 heteroatoms. The van der Waals surface area contributed by atoms with Crippen LogP contribution in [0.3, 0.4) is 0 Å². The van der Waals surface area contributed by atoms with Crippen LogP contribution in [-0.2, 0) is 0 Å². The van der Waals surface area contributed by atoms with Crippen LogP contribution in [0.4, 0.5) is 0 Å². The van der Waals surface area contributed by atoms with Crippen molar-refractivity contribution in [1.29, 1.82) is 0 Å². The van der Waals surface area contributed by atoms with E-state index < -0.39 is 0 Å². The van der Waals surface area contributed by atoms with Crippen LogP contribution in [0.1, 0.15) is 73.1 Å². The van der Waals surface area contributed by atoms with Gasteiger partial charge in [-0.15, -0.1) is 0 Å². The van der Waals surface area contributed by atoms with E-state index in [0.29, 0.717) is 16.9 Å². The molecule has 0 spiro atoms. The highest BCUT2D eigenvalue weighted by Gasteiger charge is 2.59. The maximum Gasteiger partial charge on any atom is 0.0177 e. The molecule has 0 saturated heterocycles. The minimum atomic E-state index is 0.507. The molecule has 0 amide bonds. The number of hydrogen-bond donors (Lipinski definition) is 1. The van der Waals surface area contributed by atoms with E-state index in [9.17, 15) is 0 Å². The Balaban J connectivity index is 2.00. The molecule has 1 nitrogen and oxygen atoms in total. The molecular weight excluding hydrogens is 206 g/mol. The molecule has 2 saturated carbocycles. The Labute approximate surface area is 108 Å². The highest BCUT2D eigenvalue weighted by Crippen LogP contribution is 2.62. The van der Waals surface area contributed by atoms with Crippen LogP contribution in [0.5, 0.6) is 0 Å². The zero-order valence-corrected chi connectivity index (χ0v) is 12.5. The topological polar surface area (TPSA) is 12.0 Å². The number of nitrogens with one attached hydrogen (secondary N) is 1.